The van der Waals surface area contributed by atoms with E-state index < -0.39 is 5.97 Å². The first-order chi connectivity index (χ1) is 12.2. The lowest BCUT2D eigenvalue weighted by atomic mass is 10.3. The molecule has 3 aromatic rings. The third-order valence-electron chi connectivity index (χ3n) is 4.08. The third kappa shape index (κ3) is 3.17. The number of ether oxygens (including phenoxy) is 1. The first kappa shape index (κ1) is 15.9. The molecule has 3 heterocycles. The van der Waals surface area contributed by atoms with Crippen LogP contribution in [0.25, 0.3) is 10.2 Å². The number of thiazole rings is 1. The zero-order valence-electron chi connectivity index (χ0n) is 13.8. The average Bonchev–Trinajstić information content (AvgIpc) is 3.29. The van der Waals surface area contributed by atoms with Crippen molar-refractivity contribution in [2.24, 2.45) is 0 Å². The fourth-order valence-electron chi connectivity index (χ4n) is 2.79. The van der Waals surface area contributed by atoms with Gasteiger partial charge in [-0.1, -0.05) is 23.5 Å². The molecule has 0 radical (unpaired) electrons. The van der Waals surface area contributed by atoms with Crippen LogP contribution in [0.4, 0.5) is 11.1 Å². The molecule has 0 unspecified atom stereocenters. The summed E-state index contributed by atoms with van der Waals surface area (Å²) in [5.41, 5.74) is 1.25. The number of nitrogens with zero attached hydrogens (tertiary/aromatic N) is 4. The first-order valence-corrected chi connectivity index (χ1v) is 9.04. The highest BCUT2D eigenvalue weighted by Gasteiger charge is 2.24. The third-order valence-corrected chi connectivity index (χ3v) is 5.18. The molecule has 0 spiro atoms. The number of esters is 1. The van der Waals surface area contributed by atoms with Gasteiger partial charge in [-0.25, -0.2) is 9.78 Å². The van der Waals surface area contributed by atoms with Crippen LogP contribution < -0.4 is 9.80 Å². The predicted molar refractivity (Wildman–Crippen MR) is 96.5 cm³/mol. The quantitative estimate of drug-likeness (QED) is 0.664. The molecule has 2 aromatic heterocycles. The molecule has 130 valence electrons. The van der Waals surface area contributed by atoms with E-state index in [-0.39, 0.29) is 5.69 Å². The van der Waals surface area contributed by atoms with Crippen LogP contribution >= 0.6 is 11.3 Å². The molecule has 0 atom stereocenters. The number of carbonyl (C=O) groups excluding carboxylic acids is 1. The van der Waals surface area contributed by atoms with E-state index in [4.69, 9.17) is 14.1 Å². The molecule has 1 saturated heterocycles. The van der Waals surface area contributed by atoms with Crippen LogP contribution in [0.2, 0.25) is 0 Å². The van der Waals surface area contributed by atoms with Crippen molar-refractivity contribution < 1.29 is 13.9 Å². The zero-order valence-corrected chi connectivity index (χ0v) is 14.7. The van der Waals surface area contributed by atoms with Crippen LogP contribution in [0.5, 0.6) is 0 Å². The zero-order chi connectivity index (χ0) is 17.2. The highest BCUT2D eigenvalue weighted by molar-refractivity contribution is 7.22. The molecule has 1 aliphatic rings. The van der Waals surface area contributed by atoms with Gasteiger partial charge in [0.15, 0.2) is 10.8 Å². The lowest BCUT2D eigenvalue weighted by Gasteiger charge is -2.33. The van der Waals surface area contributed by atoms with Crippen molar-refractivity contribution >= 4 is 38.7 Å². The molecular weight excluding hydrogens is 340 g/mol. The summed E-state index contributed by atoms with van der Waals surface area (Å²) in [5, 5.41) is 1.04. The minimum atomic E-state index is -0.453. The smallest absolute Gasteiger partial charge is 0.360 e. The van der Waals surface area contributed by atoms with E-state index in [1.807, 2.05) is 23.1 Å². The Labute approximate surface area is 148 Å². The Morgan fingerprint density at radius 1 is 1.20 bits per heavy atom. The predicted octanol–water partition coefficient (Wildman–Crippen LogP) is 2.79. The molecule has 7 nitrogen and oxygen atoms in total. The summed E-state index contributed by atoms with van der Waals surface area (Å²) in [4.78, 5) is 24.9. The van der Waals surface area contributed by atoms with Crippen LogP contribution in [0, 0.1) is 0 Å². The summed E-state index contributed by atoms with van der Waals surface area (Å²) in [7, 11) is 0. The molecule has 1 aliphatic heterocycles. The normalized spacial score (nSPS) is 14.9. The minimum Gasteiger partial charge on any atom is -0.461 e. The number of hydrogen-bond acceptors (Lipinski definition) is 8. The summed E-state index contributed by atoms with van der Waals surface area (Å²) in [6.07, 6.45) is 1.35. The van der Waals surface area contributed by atoms with E-state index in [2.05, 4.69) is 16.0 Å². The fourth-order valence-corrected chi connectivity index (χ4v) is 3.81. The molecule has 8 heteroatoms. The summed E-state index contributed by atoms with van der Waals surface area (Å²) < 4.78 is 11.6. The van der Waals surface area contributed by atoms with Gasteiger partial charge in [0.2, 0.25) is 0 Å². The van der Waals surface area contributed by atoms with Crippen LogP contribution in [-0.2, 0) is 4.74 Å². The van der Waals surface area contributed by atoms with E-state index in [0.717, 1.165) is 36.8 Å². The van der Waals surface area contributed by atoms with Crippen molar-refractivity contribution in [2.45, 2.75) is 6.92 Å². The number of carbonyl (C=O) groups is 1. The molecule has 4 rings (SSSR count). The highest BCUT2D eigenvalue weighted by atomic mass is 32.1. The summed E-state index contributed by atoms with van der Waals surface area (Å²) in [6.45, 7) is 5.27. The number of anilines is 2. The van der Waals surface area contributed by atoms with Gasteiger partial charge in [-0.05, 0) is 19.1 Å². The van der Waals surface area contributed by atoms with Gasteiger partial charge < -0.3 is 19.0 Å². The summed E-state index contributed by atoms with van der Waals surface area (Å²) in [5.74, 6) is -0.453. The fraction of sp³-hybridized carbons (Fsp3) is 0.353. The number of oxazole rings is 1. The molecule has 1 aromatic carbocycles. The Balaban J connectivity index is 1.42. The highest BCUT2D eigenvalue weighted by Crippen LogP contribution is 2.29. The van der Waals surface area contributed by atoms with E-state index in [1.54, 1.807) is 18.3 Å². The number of rotatable bonds is 4. The average molecular weight is 358 g/mol. The van der Waals surface area contributed by atoms with Gasteiger partial charge in [0.05, 0.1) is 16.8 Å². The van der Waals surface area contributed by atoms with Gasteiger partial charge in [-0.15, -0.1) is 0 Å². The molecule has 1 fully saturated rings. The van der Waals surface area contributed by atoms with Crippen LogP contribution in [0.1, 0.15) is 17.4 Å². The SMILES string of the molecule is CCOC(=O)c1coc(N2CCN(c3nc4ccccc4s3)CC2)n1. The second kappa shape index (κ2) is 6.72. The lowest BCUT2D eigenvalue weighted by molar-refractivity contribution is 0.0519. The Bertz CT molecular complexity index is 850. The van der Waals surface area contributed by atoms with E-state index >= 15 is 0 Å². The molecule has 0 bridgehead atoms. The van der Waals surface area contributed by atoms with Crippen molar-refractivity contribution in [3.8, 4) is 0 Å². The van der Waals surface area contributed by atoms with Crippen molar-refractivity contribution in [3.63, 3.8) is 0 Å². The Hall–Kier alpha value is -2.61. The number of aromatic nitrogens is 2. The standard InChI is InChI=1S/C17H18N4O3S/c1-2-23-15(22)13-11-24-16(18-13)20-7-9-21(10-8-20)17-19-12-5-3-4-6-14(12)25-17/h3-6,11H,2,7-10H2,1H3. The van der Waals surface area contributed by atoms with Gasteiger partial charge >= 0.3 is 5.97 Å². The summed E-state index contributed by atoms with van der Waals surface area (Å²) in [6, 6.07) is 8.64. The van der Waals surface area contributed by atoms with Gasteiger partial charge in [0.1, 0.15) is 6.26 Å². The molecule has 0 aliphatic carbocycles. The number of piperazine rings is 1. The second-order valence-electron chi connectivity index (χ2n) is 5.67. The van der Waals surface area contributed by atoms with Crippen molar-refractivity contribution in [1.82, 2.24) is 9.97 Å². The number of para-hydroxylation sites is 1. The van der Waals surface area contributed by atoms with E-state index in [9.17, 15) is 4.79 Å². The van der Waals surface area contributed by atoms with Crippen molar-refractivity contribution in [3.05, 3.63) is 36.2 Å². The molecule has 0 saturated carbocycles. The molecule has 25 heavy (non-hydrogen) atoms. The maximum absolute atomic E-state index is 11.7. The molecule has 0 N–H and O–H groups in total. The van der Waals surface area contributed by atoms with Crippen LogP contribution in [0.3, 0.4) is 0 Å². The van der Waals surface area contributed by atoms with Crippen molar-refractivity contribution in [1.29, 1.82) is 0 Å². The van der Waals surface area contributed by atoms with Crippen molar-refractivity contribution in [2.75, 3.05) is 42.6 Å². The monoisotopic (exact) mass is 358 g/mol. The van der Waals surface area contributed by atoms with Crippen LogP contribution in [-0.4, -0.2) is 48.7 Å². The topological polar surface area (TPSA) is 71.7 Å². The lowest BCUT2D eigenvalue weighted by Crippen LogP contribution is -2.46. The Kier molecular flexibility index (Phi) is 4.27. The Morgan fingerprint density at radius 3 is 2.72 bits per heavy atom. The molecule has 0 amide bonds. The van der Waals surface area contributed by atoms with E-state index in [0.29, 0.717) is 12.6 Å². The maximum atomic E-state index is 11.7. The summed E-state index contributed by atoms with van der Waals surface area (Å²) >= 11 is 1.71. The number of benzene rings is 1. The van der Waals surface area contributed by atoms with Gasteiger partial charge in [-0.3, -0.25) is 0 Å². The second-order valence-corrected chi connectivity index (χ2v) is 6.68. The minimum absolute atomic E-state index is 0.213. The molecular formula is C17H18N4O3S. The van der Waals surface area contributed by atoms with Gasteiger partial charge in [0, 0.05) is 26.2 Å². The largest absolute Gasteiger partial charge is 0.461 e. The van der Waals surface area contributed by atoms with Crippen LogP contribution in [0.15, 0.2) is 34.9 Å². The van der Waals surface area contributed by atoms with Gasteiger partial charge in [0.25, 0.3) is 6.01 Å². The number of hydrogen-bond donors (Lipinski definition) is 0. The Morgan fingerprint density at radius 2 is 1.96 bits per heavy atom. The van der Waals surface area contributed by atoms with Gasteiger partial charge in [-0.2, -0.15) is 4.98 Å². The first-order valence-electron chi connectivity index (χ1n) is 8.22. The maximum Gasteiger partial charge on any atom is 0.360 e. The number of fused-ring (bicyclic) bond motifs is 1. The van der Waals surface area contributed by atoms with E-state index in [1.165, 1.54) is 11.0 Å².